The van der Waals surface area contributed by atoms with Crippen molar-refractivity contribution in [3.05, 3.63) is 10.4 Å². The zero-order chi connectivity index (χ0) is 34.7. The maximum Gasteiger partial charge on any atom is 0.187 e. The van der Waals surface area contributed by atoms with Crippen LogP contribution in [0.3, 0.4) is 0 Å². The van der Waals surface area contributed by atoms with Crippen molar-refractivity contribution in [2.45, 2.75) is 123 Å². The van der Waals surface area contributed by atoms with Gasteiger partial charge in [0.1, 0.15) is 91.6 Å². The molecule has 0 aliphatic carbocycles. The average Bonchev–Trinajstić information content (AvgIpc) is 3.06. The molecule has 4 saturated heterocycles. The molecule has 272 valence electrons. The minimum absolute atomic E-state index is 0.771. The van der Waals surface area contributed by atoms with Crippen LogP contribution in [0.5, 0.6) is 0 Å². The van der Waals surface area contributed by atoms with Crippen LogP contribution in [-0.2, 0) is 33.2 Å². The van der Waals surface area contributed by atoms with Crippen molar-refractivity contribution in [3.8, 4) is 0 Å². The summed E-state index contributed by atoms with van der Waals surface area (Å²) in [5, 5.41) is 126. The predicted octanol–water partition coefficient (Wildman–Crippen LogP) is -8.46. The van der Waals surface area contributed by atoms with Gasteiger partial charge in [-0.05, 0) is 5.53 Å². The molecule has 0 bridgehead atoms. The Morgan fingerprint density at radius 2 is 0.979 bits per heavy atom. The molecule has 0 saturated carbocycles. The van der Waals surface area contributed by atoms with Crippen LogP contribution in [0, 0.1) is 0 Å². The topological polar surface area (TPSA) is 382 Å². The van der Waals surface area contributed by atoms with Gasteiger partial charge in [-0.15, -0.1) is 0 Å². The van der Waals surface area contributed by atoms with Gasteiger partial charge in [-0.2, -0.15) is 0 Å². The van der Waals surface area contributed by atoms with E-state index in [9.17, 15) is 61.3 Å². The monoisotopic (exact) mass is 690 g/mol. The minimum Gasteiger partial charge on any atom is -0.394 e. The zero-order valence-electron chi connectivity index (χ0n) is 24.5. The molecule has 0 aromatic carbocycles. The molecule has 0 spiro atoms. The van der Waals surface area contributed by atoms with Crippen molar-refractivity contribution >= 4 is 0 Å². The number of hydrogen-bond acceptors (Lipinski definition) is 21. The number of aliphatic hydroxyl groups is 12. The molecular weight excluding hydrogens is 648 g/mol. The first-order chi connectivity index (χ1) is 22.3. The standard InChI is InChI=1S/C24H42N4O19/c25-9-12(35)18(45-23-16(39)13(36)10(33)5(1-29)42-23)8(4-32)44-22(9)47-20-11(34)6(2-30)43-24(17(20)40)46-19-7(3-31)41-21(27-28-26)15(38)14(19)37/h5-24,29-40H,1-4,25H2/t5-,6-,7-,8-,9-,10+,11+,12-,13+,14-,15-,16-,17-,18-,19-,20+,21-,22+,23+,24+/m1/s1. The van der Waals surface area contributed by atoms with E-state index in [2.05, 4.69) is 10.0 Å². The molecular formula is C24H42N4O19. The van der Waals surface area contributed by atoms with Gasteiger partial charge in [0.25, 0.3) is 0 Å². The zero-order valence-corrected chi connectivity index (χ0v) is 24.5. The maximum atomic E-state index is 11.1. The highest BCUT2D eigenvalue weighted by molar-refractivity contribution is 4.99. The first kappa shape index (κ1) is 38.3. The van der Waals surface area contributed by atoms with Gasteiger partial charge in [0, 0.05) is 4.91 Å². The van der Waals surface area contributed by atoms with Crippen LogP contribution in [0.25, 0.3) is 10.4 Å². The van der Waals surface area contributed by atoms with Crippen molar-refractivity contribution < 1.29 is 94.4 Å². The summed E-state index contributed by atoms with van der Waals surface area (Å²) in [6.07, 6.45) is -32.3. The second-order valence-electron chi connectivity index (χ2n) is 11.4. The summed E-state index contributed by atoms with van der Waals surface area (Å²) in [6, 6.07) is -1.57. The van der Waals surface area contributed by atoms with Crippen LogP contribution in [0.4, 0.5) is 0 Å². The summed E-state index contributed by atoms with van der Waals surface area (Å²) >= 11 is 0. The minimum atomic E-state index is -1.98. The smallest absolute Gasteiger partial charge is 0.187 e. The van der Waals surface area contributed by atoms with Crippen molar-refractivity contribution in [2.24, 2.45) is 10.8 Å². The van der Waals surface area contributed by atoms with Crippen LogP contribution in [0.1, 0.15) is 0 Å². The molecule has 47 heavy (non-hydrogen) atoms. The lowest BCUT2D eigenvalue weighted by Crippen LogP contribution is -2.69. The van der Waals surface area contributed by atoms with Crippen LogP contribution >= 0.6 is 0 Å². The normalized spacial score (nSPS) is 50.9. The SMILES string of the molecule is [N-]=[N+]=N[C@@H]1O[C@H](CO)[C@@H](O[C@@H]2O[C@H](CO)[C@H](O)[C@H](O[C@@H]3O[C@H](CO)[C@@H](O[C@@H]4O[C@H](CO)[C@H](O)[C@H](O)[C@H]4O)[C@H](O)[C@H]3N)[C@H]2O)[C@H](O)[C@H]1O. The highest BCUT2D eigenvalue weighted by atomic mass is 16.8. The molecule has 0 amide bonds. The van der Waals surface area contributed by atoms with E-state index in [1.54, 1.807) is 0 Å². The lowest BCUT2D eigenvalue weighted by Gasteiger charge is -2.49. The fraction of sp³-hybridized carbons (Fsp3) is 1.00. The Labute approximate surface area is 265 Å². The third kappa shape index (κ3) is 7.81. The van der Waals surface area contributed by atoms with Crippen molar-refractivity contribution in [1.82, 2.24) is 0 Å². The molecule has 4 heterocycles. The van der Waals surface area contributed by atoms with Gasteiger partial charge in [-0.25, -0.2) is 0 Å². The van der Waals surface area contributed by atoms with Gasteiger partial charge < -0.3 is 100 Å². The fourth-order valence-electron chi connectivity index (χ4n) is 5.73. The number of nitrogens with two attached hydrogens (primary N) is 1. The van der Waals surface area contributed by atoms with Gasteiger partial charge in [0.2, 0.25) is 0 Å². The summed E-state index contributed by atoms with van der Waals surface area (Å²) in [5.74, 6) is 0. The fourth-order valence-corrected chi connectivity index (χ4v) is 5.73. The second-order valence-corrected chi connectivity index (χ2v) is 11.4. The van der Waals surface area contributed by atoms with E-state index in [1.165, 1.54) is 0 Å². The number of aliphatic hydroxyl groups excluding tert-OH is 12. The van der Waals surface area contributed by atoms with Crippen molar-refractivity contribution in [1.29, 1.82) is 0 Å². The molecule has 20 atom stereocenters. The molecule has 4 rings (SSSR count). The number of azide groups is 1. The summed E-state index contributed by atoms with van der Waals surface area (Å²) in [4.78, 5) is 2.49. The number of nitrogens with zero attached hydrogens (tertiary/aromatic N) is 3. The van der Waals surface area contributed by atoms with Crippen LogP contribution in [0.2, 0.25) is 0 Å². The molecule has 4 fully saturated rings. The first-order valence-electron chi connectivity index (χ1n) is 14.6. The highest BCUT2D eigenvalue weighted by Gasteiger charge is 2.54. The number of hydrogen-bond donors (Lipinski definition) is 13. The summed E-state index contributed by atoms with van der Waals surface area (Å²) in [7, 11) is 0. The van der Waals surface area contributed by atoms with E-state index in [1.807, 2.05) is 0 Å². The molecule has 0 aromatic heterocycles. The third-order valence-corrected chi connectivity index (χ3v) is 8.45. The molecule has 23 heteroatoms. The Morgan fingerprint density at radius 1 is 0.511 bits per heavy atom. The maximum absolute atomic E-state index is 11.1. The van der Waals surface area contributed by atoms with E-state index >= 15 is 0 Å². The van der Waals surface area contributed by atoms with Crippen molar-refractivity contribution in [2.75, 3.05) is 26.4 Å². The quantitative estimate of drug-likeness (QED) is 0.0543. The average molecular weight is 691 g/mol. The van der Waals surface area contributed by atoms with E-state index in [-0.39, 0.29) is 0 Å². The Bertz CT molecular complexity index is 1040. The molecule has 23 nitrogen and oxygen atoms in total. The highest BCUT2D eigenvalue weighted by Crippen LogP contribution is 2.34. The van der Waals surface area contributed by atoms with E-state index in [4.69, 9.17) is 44.4 Å². The first-order valence-corrected chi connectivity index (χ1v) is 14.6. The number of rotatable bonds is 11. The van der Waals surface area contributed by atoms with Gasteiger partial charge in [-0.1, -0.05) is 5.11 Å². The molecule has 14 N–H and O–H groups in total. The van der Waals surface area contributed by atoms with E-state index in [0.717, 1.165) is 0 Å². The van der Waals surface area contributed by atoms with E-state index < -0.39 is 149 Å². The molecule has 0 unspecified atom stereocenters. The Kier molecular flexibility index (Phi) is 13.4. The second kappa shape index (κ2) is 16.5. The number of ether oxygens (including phenoxy) is 7. The Hall–Kier alpha value is -1.49. The van der Waals surface area contributed by atoms with Gasteiger partial charge in [0.05, 0.1) is 32.5 Å². The Morgan fingerprint density at radius 3 is 1.53 bits per heavy atom. The summed E-state index contributed by atoms with van der Waals surface area (Å²) < 4.78 is 38.5. The molecule has 4 aliphatic heterocycles. The third-order valence-electron chi connectivity index (χ3n) is 8.45. The van der Waals surface area contributed by atoms with Gasteiger partial charge in [0.15, 0.2) is 25.1 Å². The van der Waals surface area contributed by atoms with Gasteiger partial charge in [-0.3, -0.25) is 0 Å². The summed E-state index contributed by atoms with van der Waals surface area (Å²) in [6.45, 7) is -3.32. The lowest BCUT2D eigenvalue weighted by molar-refractivity contribution is -0.375. The molecule has 4 aliphatic rings. The van der Waals surface area contributed by atoms with Crippen LogP contribution in [-0.4, -0.2) is 210 Å². The summed E-state index contributed by atoms with van der Waals surface area (Å²) in [5.41, 5.74) is 14.8. The largest absolute Gasteiger partial charge is 0.394 e. The molecule has 0 aromatic rings. The van der Waals surface area contributed by atoms with E-state index in [0.29, 0.717) is 0 Å². The van der Waals surface area contributed by atoms with Crippen LogP contribution < -0.4 is 5.73 Å². The molecule has 0 radical (unpaired) electrons. The Balaban J connectivity index is 1.48. The van der Waals surface area contributed by atoms with Gasteiger partial charge >= 0.3 is 0 Å². The van der Waals surface area contributed by atoms with Crippen LogP contribution in [0.15, 0.2) is 5.11 Å². The lowest BCUT2D eigenvalue weighted by atomic mass is 9.95. The van der Waals surface area contributed by atoms with Crippen molar-refractivity contribution in [3.63, 3.8) is 0 Å². The predicted molar refractivity (Wildman–Crippen MR) is 143 cm³/mol.